The average molecular weight is 327 g/mol. The number of hydrogen-bond acceptors (Lipinski definition) is 7. The summed E-state index contributed by atoms with van der Waals surface area (Å²) < 4.78 is 10.2. The second-order valence-electron chi connectivity index (χ2n) is 5.47. The summed E-state index contributed by atoms with van der Waals surface area (Å²) in [5, 5.41) is 15.8. The van der Waals surface area contributed by atoms with Crippen molar-refractivity contribution in [1.29, 1.82) is 0 Å². The van der Waals surface area contributed by atoms with E-state index in [1.54, 1.807) is 13.8 Å². The van der Waals surface area contributed by atoms with Crippen LogP contribution in [-0.4, -0.2) is 31.3 Å². The number of aryl methyl sites for hydroxylation is 3. The highest BCUT2D eigenvalue weighted by Gasteiger charge is 2.14. The predicted molar refractivity (Wildman–Crippen MR) is 83.8 cm³/mol. The van der Waals surface area contributed by atoms with Crippen molar-refractivity contribution in [2.75, 3.05) is 0 Å². The van der Waals surface area contributed by atoms with Crippen LogP contribution in [0.5, 0.6) is 0 Å². The van der Waals surface area contributed by atoms with Crippen LogP contribution in [-0.2, 0) is 22.7 Å². The van der Waals surface area contributed by atoms with Gasteiger partial charge in [-0.2, -0.15) is 4.80 Å². The van der Waals surface area contributed by atoms with Gasteiger partial charge in [-0.1, -0.05) is 35.0 Å². The zero-order valence-electron chi connectivity index (χ0n) is 13.7. The van der Waals surface area contributed by atoms with E-state index < -0.39 is 5.97 Å². The molecule has 124 valence electrons. The molecule has 0 saturated carbocycles. The van der Waals surface area contributed by atoms with E-state index in [9.17, 15) is 4.79 Å². The van der Waals surface area contributed by atoms with E-state index in [1.165, 1.54) is 4.80 Å². The molecule has 0 bridgehead atoms. The molecular formula is C16H17N5O3. The molecule has 8 heteroatoms. The Hall–Kier alpha value is -3.03. The number of aromatic nitrogens is 5. The van der Waals surface area contributed by atoms with Gasteiger partial charge in [-0.15, -0.1) is 10.2 Å². The lowest BCUT2D eigenvalue weighted by Crippen LogP contribution is -2.16. The SMILES string of the molecule is Cc1ccc(-c2nnn(CC(=O)OCc3c(C)noc3C)n2)cc1. The Bertz CT molecular complexity index is 831. The zero-order valence-corrected chi connectivity index (χ0v) is 13.7. The van der Waals surface area contributed by atoms with Crippen molar-refractivity contribution in [2.24, 2.45) is 0 Å². The first kappa shape index (κ1) is 15.9. The first-order chi connectivity index (χ1) is 11.5. The molecule has 0 atom stereocenters. The quantitative estimate of drug-likeness (QED) is 0.661. The molecule has 0 saturated heterocycles. The largest absolute Gasteiger partial charge is 0.459 e. The number of carbonyl (C=O) groups excluding carboxylic acids is 1. The number of nitrogens with zero attached hydrogens (tertiary/aromatic N) is 5. The first-order valence-electron chi connectivity index (χ1n) is 7.45. The fraction of sp³-hybridized carbons (Fsp3) is 0.312. The van der Waals surface area contributed by atoms with Gasteiger partial charge in [0.1, 0.15) is 12.4 Å². The molecule has 8 nitrogen and oxygen atoms in total. The van der Waals surface area contributed by atoms with Crippen LogP contribution in [0.1, 0.15) is 22.6 Å². The van der Waals surface area contributed by atoms with Crippen LogP contribution in [0.15, 0.2) is 28.8 Å². The summed E-state index contributed by atoms with van der Waals surface area (Å²) >= 11 is 0. The summed E-state index contributed by atoms with van der Waals surface area (Å²) in [6, 6.07) is 7.75. The van der Waals surface area contributed by atoms with E-state index in [0.29, 0.717) is 17.3 Å². The summed E-state index contributed by atoms with van der Waals surface area (Å²) in [6.45, 7) is 5.58. The molecular weight excluding hydrogens is 310 g/mol. The Labute approximate surface area is 138 Å². The van der Waals surface area contributed by atoms with E-state index >= 15 is 0 Å². The summed E-state index contributed by atoms with van der Waals surface area (Å²) in [5.41, 5.74) is 3.47. The lowest BCUT2D eigenvalue weighted by atomic mass is 10.1. The maximum atomic E-state index is 11.9. The van der Waals surface area contributed by atoms with Crippen molar-refractivity contribution in [3.05, 3.63) is 46.8 Å². The summed E-state index contributed by atoms with van der Waals surface area (Å²) in [7, 11) is 0. The van der Waals surface area contributed by atoms with Gasteiger partial charge in [-0.05, 0) is 26.0 Å². The molecule has 0 unspecified atom stereocenters. The molecule has 0 aliphatic carbocycles. The molecule has 24 heavy (non-hydrogen) atoms. The van der Waals surface area contributed by atoms with Crippen LogP contribution in [0.25, 0.3) is 11.4 Å². The number of benzene rings is 1. The monoisotopic (exact) mass is 327 g/mol. The highest BCUT2D eigenvalue weighted by atomic mass is 16.5. The molecule has 0 amide bonds. The molecule has 1 aromatic carbocycles. The molecule has 0 radical (unpaired) electrons. The van der Waals surface area contributed by atoms with Gasteiger partial charge in [0.25, 0.3) is 0 Å². The number of rotatable bonds is 5. The van der Waals surface area contributed by atoms with Crippen molar-refractivity contribution in [1.82, 2.24) is 25.4 Å². The van der Waals surface area contributed by atoms with E-state index in [1.807, 2.05) is 31.2 Å². The summed E-state index contributed by atoms with van der Waals surface area (Å²) in [6.07, 6.45) is 0. The van der Waals surface area contributed by atoms with Gasteiger partial charge in [0.2, 0.25) is 5.82 Å². The maximum Gasteiger partial charge on any atom is 0.330 e. The minimum absolute atomic E-state index is 0.109. The second-order valence-corrected chi connectivity index (χ2v) is 5.47. The molecule has 0 N–H and O–H groups in total. The van der Waals surface area contributed by atoms with Crippen LogP contribution >= 0.6 is 0 Å². The number of hydrogen-bond donors (Lipinski definition) is 0. The zero-order chi connectivity index (χ0) is 17.1. The Morgan fingerprint density at radius 3 is 2.62 bits per heavy atom. The summed E-state index contributed by atoms with van der Waals surface area (Å²) in [4.78, 5) is 13.1. The number of esters is 1. The van der Waals surface area contributed by atoms with Crippen LogP contribution < -0.4 is 0 Å². The Morgan fingerprint density at radius 1 is 1.21 bits per heavy atom. The Morgan fingerprint density at radius 2 is 1.96 bits per heavy atom. The molecule has 2 heterocycles. The highest BCUT2D eigenvalue weighted by molar-refractivity contribution is 5.69. The third kappa shape index (κ3) is 3.48. The van der Waals surface area contributed by atoms with Crippen molar-refractivity contribution in [2.45, 2.75) is 33.9 Å². The molecule has 3 aromatic rings. The first-order valence-corrected chi connectivity index (χ1v) is 7.45. The third-order valence-corrected chi connectivity index (χ3v) is 3.59. The molecule has 0 aliphatic rings. The van der Waals surface area contributed by atoms with Crippen molar-refractivity contribution in [3.8, 4) is 11.4 Å². The average Bonchev–Trinajstić information content (AvgIpc) is 3.14. The normalized spacial score (nSPS) is 10.8. The van der Waals surface area contributed by atoms with Crippen molar-refractivity contribution >= 4 is 5.97 Å². The minimum Gasteiger partial charge on any atom is -0.459 e. The van der Waals surface area contributed by atoms with Gasteiger partial charge >= 0.3 is 5.97 Å². The van der Waals surface area contributed by atoms with Crippen LogP contribution in [0.2, 0.25) is 0 Å². The highest BCUT2D eigenvalue weighted by Crippen LogP contribution is 2.15. The number of ether oxygens (including phenoxy) is 1. The maximum absolute atomic E-state index is 11.9. The van der Waals surface area contributed by atoms with E-state index in [0.717, 1.165) is 16.7 Å². The minimum atomic E-state index is -0.456. The van der Waals surface area contributed by atoms with Crippen LogP contribution in [0.3, 0.4) is 0 Å². The van der Waals surface area contributed by atoms with Gasteiger partial charge in [-0.3, -0.25) is 0 Å². The molecule has 0 spiro atoms. The van der Waals surface area contributed by atoms with E-state index in [4.69, 9.17) is 9.26 Å². The van der Waals surface area contributed by atoms with Crippen molar-refractivity contribution in [3.63, 3.8) is 0 Å². The molecule has 0 fully saturated rings. The smallest absolute Gasteiger partial charge is 0.330 e. The fourth-order valence-electron chi connectivity index (χ4n) is 2.15. The molecule has 3 rings (SSSR count). The fourth-order valence-corrected chi connectivity index (χ4v) is 2.15. The van der Waals surface area contributed by atoms with Gasteiger partial charge in [0.15, 0.2) is 6.54 Å². The summed E-state index contributed by atoms with van der Waals surface area (Å²) in [5.74, 6) is 0.650. The van der Waals surface area contributed by atoms with Gasteiger partial charge < -0.3 is 9.26 Å². The lowest BCUT2D eigenvalue weighted by Gasteiger charge is -2.03. The predicted octanol–water partition coefficient (Wildman–Crippen LogP) is 2.00. The van der Waals surface area contributed by atoms with E-state index in [2.05, 4.69) is 20.6 Å². The second kappa shape index (κ2) is 6.61. The topological polar surface area (TPSA) is 95.9 Å². The lowest BCUT2D eigenvalue weighted by molar-refractivity contribution is -0.146. The number of tetrazole rings is 1. The third-order valence-electron chi connectivity index (χ3n) is 3.59. The van der Waals surface area contributed by atoms with E-state index in [-0.39, 0.29) is 13.2 Å². The Balaban J connectivity index is 1.60. The van der Waals surface area contributed by atoms with Gasteiger partial charge in [-0.25, -0.2) is 4.79 Å². The van der Waals surface area contributed by atoms with Crippen LogP contribution in [0, 0.1) is 20.8 Å². The van der Waals surface area contributed by atoms with Crippen LogP contribution in [0.4, 0.5) is 0 Å². The Kier molecular flexibility index (Phi) is 4.37. The van der Waals surface area contributed by atoms with Gasteiger partial charge in [0, 0.05) is 5.56 Å². The molecule has 0 aliphatic heterocycles. The molecule has 2 aromatic heterocycles. The number of carbonyl (C=O) groups is 1. The standard InChI is InChI=1S/C16H17N5O3/c1-10-4-6-13(7-5-10)16-17-20-21(18-16)8-15(22)23-9-14-11(2)19-24-12(14)3/h4-7H,8-9H2,1-3H3. The van der Waals surface area contributed by atoms with Crippen molar-refractivity contribution < 1.29 is 14.1 Å². The van der Waals surface area contributed by atoms with Gasteiger partial charge in [0.05, 0.1) is 11.3 Å².